The second-order valence-corrected chi connectivity index (χ2v) is 5.89. The standard InChI is InChI=1S/C12H17I/c1-9(12(2,3)4)10-6-5-7-11(13)8-10/h5-9H,1-4H3. The summed E-state index contributed by atoms with van der Waals surface area (Å²) in [5.74, 6) is 0.613. The van der Waals surface area contributed by atoms with Crippen LogP contribution in [0, 0.1) is 8.99 Å². The maximum atomic E-state index is 2.37. The van der Waals surface area contributed by atoms with Crippen molar-refractivity contribution in [3.8, 4) is 0 Å². The highest BCUT2D eigenvalue weighted by atomic mass is 127. The number of halogens is 1. The van der Waals surface area contributed by atoms with Crippen molar-refractivity contribution in [2.45, 2.75) is 33.6 Å². The first kappa shape index (κ1) is 11.0. The van der Waals surface area contributed by atoms with Gasteiger partial charge >= 0.3 is 0 Å². The maximum absolute atomic E-state index is 2.37. The van der Waals surface area contributed by atoms with E-state index >= 15 is 0 Å². The van der Waals surface area contributed by atoms with Crippen molar-refractivity contribution in [1.29, 1.82) is 0 Å². The summed E-state index contributed by atoms with van der Waals surface area (Å²) in [7, 11) is 0. The lowest BCUT2D eigenvalue weighted by Crippen LogP contribution is -2.15. The van der Waals surface area contributed by atoms with E-state index in [-0.39, 0.29) is 0 Å². The Hall–Kier alpha value is -0.0500. The number of rotatable bonds is 1. The van der Waals surface area contributed by atoms with Gasteiger partial charge < -0.3 is 0 Å². The zero-order valence-electron chi connectivity index (χ0n) is 8.76. The van der Waals surface area contributed by atoms with Gasteiger partial charge in [-0.2, -0.15) is 0 Å². The van der Waals surface area contributed by atoms with Gasteiger partial charge in [-0.1, -0.05) is 39.8 Å². The minimum absolute atomic E-state index is 0.352. The minimum atomic E-state index is 0.352. The zero-order valence-corrected chi connectivity index (χ0v) is 10.9. The molecule has 72 valence electrons. The molecular weight excluding hydrogens is 271 g/mol. The second-order valence-electron chi connectivity index (χ2n) is 4.64. The lowest BCUT2D eigenvalue weighted by Gasteiger charge is -2.27. The summed E-state index contributed by atoms with van der Waals surface area (Å²) < 4.78 is 1.33. The van der Waals surface area contributed by atoms with Crippen LogP contribution >= 0.6 is 22.6 Å². The van der Waals surface area contributed by atoms with E-state index in [4.69, 9.17) is 0 Å². The van der Waals surface area contributed by atoms with E-state index in [1.807, 2.05) is 0 Å². The molecule has 0 nitrogen and oxygen atoms in total. The Balaban J connectivity index is 2.96. The summed E-state index contributed by atoms with van der Waals surface area (Å²) in [4.78, 5) is 0. The molecule has 1 unspecified atom stereocenters. The average molecular weight is 288 g/mol. The largest absolute Gasteiger partial charge is 0.0609 e. The van der Waals surface area contributed by atoms with Crippen molar-refractivity contribution in [1.82, 2.24) is 0 Å². The minimum Gasteiger partial charge on any atom is -0.0609 e. The smallest absolute Gasteiger partial charge is 0.0133 e. The summed E-state index contributed by atoms with van der Waals surface area (Å²) in [6, 6.07) is 8.77. The SMILES string of the molecule is CC(c1cccc(I)c1)C(C)(C)C. The Labute approximate surface area is 94.9 Å². The quantitative estimate of drug-likeness (QED) is 0.670. The molecule has 0 fully saturated rings. The highest BCUT2D eigenvalue weighted by Gasteiger charge is 2.21. The normalized spacial score (nSPS) is 14.2. The van der Waals surface area contributed by atoms with E-state index in [2.05, 4.69) is 74.6 Å². The Morgan fingerprint density at radius 3 is 2.31 bits per heavy atom. The van der Waals surface area contributed by atoms with Crippen LogP contribution in [0.2, 0.25) is 0 Å². The van der Waals surface area contributed by atoms with E-state index in [1.165, 1.54) is 9.13 Å². The molecule has 0 spiro atoms. The molecule has 1 heteroatoms. The van der Waals surface area contributed by atoms with Crippen LogP contribution in [0.4, 0.5) is 0 Å². The van der Waals surface area contributed by atoms with E-state index in [9.17, 15) is 0 Å². The fourth-order valence-corrected chi connectivity index (χ4v) is 1.84. The molecule has 1 atom stereocenters. The van der Waals surface area contributed by atoms with Crippen molar-refractivity contribution in [2.24, 2.45) is 5.41 Å². The molecule has 0 aliphatic carbocycles. The summed E-state index contributed by atoms with van der Waals surface area (Å²) in [6.45, 7) is 9.16. The molecule has 1 aromatic carbocycles. The first-order valence-corrected chi connectivity index (χ1v) is 5.74. The topological polar surface area (TPSA) is 0 Å². The zero-order chi connectivity index (χ0) is 10.1. The van der Waals surface area contributed by atoms with Crippen LogP contribution in [-0.4, -0.2) is 0 Å². The monoisotopic (exact) mass is 288 g/mol. The number of benzene rings is 1. The van der Waals surface area contributed by atoms with Gasteiger partial charge in [-0.3, -0.25) is 0 Å². The van der Waals surface area contributed by atoms with Gasteiger partial charge in [0.05, 0.1) is 0 Å². The lowest BCUT2D eigenvalue weighted by atomic mass is 9.78. The van der Waals surface area contributed by atoms with Crippen LogP contribution in [-0.2, 0) is 0 Å². The van der Waals surface area contributed by atoms with Crippen LogP contribution in [0.3, 0.4) is 0 Å². The third-order valence-electron chi connectivity index (χ3n) is 2.65. The van der Waals surface area contributed by atoms with E-state index < -0.39 is 0 Å². The van der Waals surface area contributed by atoms with Crippen molar-refractivity contribution in [2.75, 3.05) is 0 Å². The molecule has 0 heterocycles. The molecular formula is C12H17I. The van der Waals surface area contributed by atoms with Gasteiger partial charge in [0.15, 0.2) is 0 Å². The van der Waals surface area contributed by atoms with Crippen LogP contribution in [0.5, 0.6) is 0 Å². The molecule has 0 amide bonds. The average Bonchev–Trinajstić information content (AvgIpc) is 2.01. The van der Waals surface area contributed by atoms with Crippen molar-refractivity contribution < 1.29 is 0 Å². The lowest BCUT2D eigenvalue weighted by molar-refractivity contribution is 0.339. The number of hydrogen-bond donors (Lipinski definition) is 0. The van der Waals surface area contributed by atoms with E-state index in [0.717, 1.165) is 0 Å². The van der Waals surface area contributed by atoms with Gasteiger partial charge in [-0.15, -0.1) is 0 Å². The first-order chi connectivity index (χ1) is 5.91. The molecule has 0 aromatic heterocycles. The van der Waals surface area contributed by atoms with Gasteiger partial charge in [0.2, 0.25) is 0 Å². The van der Waals surface area contributed by atoms with Crippen LogP contribution in [0.15, 0.2) is 24.3 Å². The summed E-state index contributed by atoms with van der Waals surface area (Å²) in [5, 5.41) is 0. The van der Waals surface area contributed by atoms with Crippen molar-refractivity contribution in [3.05, 3.63) is 33.4 Å². The van der Waals surface area contributed by atoms with Crippen LogP contribution in [0.25, 0.3) is 0 Å². The van der Waals surface area contributed by atoms with Gasteiger partial charge in [-0.05, 0) is 51.6 Å². The molecule has 0 N–H and O–H groups in total. The van der Waals surface area contributed by atoms with Crippen LogP contribution < -0.4 is 0 Å². The molecule has 0 saturated carbocycles. The van der Waals surface area contributed by atoms with Gasteiger partial charge in [0.25, 0.3) is 0 Å². The Bertz CT molecular complexity index is 283. The highest BCUT2D eigenvalue weighted by Crippen LogP contribution is 2.34. The molecule has 1 rings (SSSR count). The van der Waals surface area contributed by atoms with E-state index in [1.54, 1.807) is 0 Å². The summed E-state index contributed by atoms with van der Waals surface area (Å²) in [6.07, 6.45) is 0. The van der Waals surface area contributed by atoms with Crippen molar-refractivity contribution in [3.63, 3.8) is 0 Å². The fraction of sp³-hybridized carbons (Fsp3) is 0.500. The third-order valence-corrected chi connectivity index (χ3v) is 3.32. The third kappa shape index (κ3) is 2.97. The fourth-order valence-electron chi connectivity index (χ4n) is 1.28. The predicted octanol–water partition coefficient (Wildman–Crippen LogP) is 4.44. The van der Waals surface area contributed by atoms with Crippen LogP contribution in [0.1, 0.15) is 39.2 Å². The Morgan fingerprint density at radius 2 is 1.85 bits per heavy atom. The molecule has 0 bridgehead atoms. The molecule has 0 saturated heterocycles. The summed E-state index contributed by atoms with van der Waals surface area (Å²) >= 11 is 2.37. The predicted molar refractivity (Wildman–Crippen MR) is 67.0 cm³/mol. The molecule has 0 aliphatic heterocycles. The van der Waals surface area contributed by atoms with Gasteiger partial charge in [0, 0.05) is 3.57 Å². The second kappa shape index (κ2) is 3.99. The maximum Gasteiger partial charge on any atom is 0.0133 e. The summed E-state index contributed by atoms with van der Waals surface area (Å²) in [5.41, 5.74) is 1.80. The number of hydrogen-bond acceptors (Lipinski definition) is 0. The van der Waals surface area contributed by atoms with Gasteiger partial charge in [0.1, 0.15) is 0 Å². The Morgan fingerprint density at radius 1 is 1.23 bits per heavy atom. The Kier molecular flexibility index (Phi) is 3.38. The molecule has 0 aliphatic rings. The van der Waals surface area contributed by atoms with Gasteiger partial charge in [-0.25, -0.2) is 0 Å². The van der Waals surface area contributed by atoms with E-state index in [0.29, 0.717) is 11.3 Å². The molecule has 13 heavy (non-hydrogen) atoms. The van der Waals surface area contributed by atoms with Crippen molar-refractivity contribution >= 4 is 22.6 Å². The molecule has 1 aromatic rings. The molecule has 0 radical (unpaired) electrons. The first-order valence-electron chi connectivity index (χ1n) is 4.67. The highest BCUT2D eigenvalue weighted by molar-refractivity contribution is 14.1.